The summed E-state index contributed by atoms with van der Waals surface area (Å²) in [6, 6.07) is 0. The summed E-state index contributed by atoms with van der Waals surface area (Å²) in [4.78, 5) is 6.78. The van der Waals surface area contributed by atoms with Crippen molar-refractivity contribution in [1.82, 2.24) is 4.98 Å². The van der Waals surface area contributed by atoms with Crippen LogP contribution in [0.4, 0.5) is 5.13 Å². The van der Waals surface area contributed by atoms with E-state index in [9.17, 15) is 0 Å². The third kappa shape index (κ3) is 2.27. The molecule has 3 nitrogen and oxygen atoms in total. The van der Waals surface area contributed by atoms with Crippen LogP contribution in [0.3, 0.4) is 0 Å². The van der Waals surface area contributed by atoms with Crippen LogP contribution >= 0.6 is 27.3 Å². The molecule has 78 valence electrons. The Balaban J connectivity index is 2.04. The van der Waals surface area contributed by atoms with Crippen LogP contribution < -0.4 is 4.90 Å². The van der Waals surface area contributed by atoms with Gasteiger partial charge in [0, 0.05) is 23.8 Å². The number of alkyl halides is 1. The summed E-state index contributed by atoms with van der Waals surface area (Å²) in [7, 11) is 0. The number of anilines is 1. The first kappa shape index (κ1) is 10.4. The Labute approximate surface area is 96.2 Å². The molecule has 0 N–H and O–H groups in total. The third-order valence-corrected chi connectivity index (χ3v) is 3.93. The van der Waals surface area contributed by atoms with Gasteiger partial charge in [0.15, 0.2) is 5.13 Å². The lowest BCUT2D eigenvalue weighted by atomic mass is 10.3. The van der Waals surface area contributed by atoms with E-state index in [0.717, 1.165) is 35.9 Å². The molecule has 1 atom stereocenters. The van der Waals surface area contributed by atoms with Crippen LogP contribution in [0.1, 0.15) is 5.69 Å². The Bertz CT molecular complexity index is 305. The van der Waals surface area contributed by atoms with Crippen LogP contribution in [0.5, 0.6) is 0 Å². The predicted molar refractivity (Wildman–Crippen MR) is 62.6 cm³/mol. The largest absolute Gasteiger partial charge is 0.374 e. The molecule has 2 heterocycles. The van der Waals surface area contributed by atoms with Gasteiger partial charge in [0.25, 0.3) is 0 Å². The van der Waals surface area contributed by atoms with Crippen LogP contribution in [0.25, 0.3) is 0 Å². The van der Waals surface area contributed by atoms with E-state index in [-0.39, 0.29) is 0 Å². The lowest BCUT2D eigenvalue weighted by molar-refractivity contribution is 0.0571. The number of aromatic nitrogens is 1. The second-order valence-corrected chi connectivity index (χ2v) is 4.85. The normalized spacial score (nSPS) is 22.7. The number of ether oxygens (including phenoxy) is 1. The number of halogens is 1. The number of morpholine rings is 1. The zero-order chi connectivity index (χ0) is 9.97. The summed E-state index contributed by atoms with van der Waals surface area (Å²) >= 11 is 5.16. The highest BCUT2D eigenvalue weighted by Gasteiger charge is 2.21. The van der Waals surface area contributed by atoms with Crippen LogP contribution in [-0.2, 0) is 4.74 Å². The summed E-state index contributed by atoms with van der Waals surface area (Å²) in [5, 5.41) is 4.11. The summed E-state index contributed by atoms with van der Waals surface area (Å²) in [5.41, 5.74) is 1.10. The minimum Gasteiger partial charge on any atom is -0.374 e. The van der Waals surface area contributed by atoms with Crippen molar-refractivity contribution >= 4 is 32.4 Å². The molecule has 0 amide bonds. The molecular weight excluding hydrogens is 264 g/mol. The van der Waals surface area contributed by atoms with Crippen LogP contribution in [-0.4, -0.2) is 36.1 Å². The molecule has 1 fully saturated rings. The predicted octanol–water partition coefficient (Wildman–Crippen LogP) is 2.05. The molecule has 1 aliphatic heterocycles. The van der Waals surface area contributed by atoms with E-state index < -0.39 is 0 Å². The molecule has 14 heavy (non-hydrogen) atoms. The van der Waals surface area contributed by atoms with Gasteiger partial charge in [-0.15, -0.1) is 11.3 Å². The van der Waals surface area contributed by atoms with Crippen LogP contribution in [0, 0.1) is 6.92 Å². The van der Waals surface area contributed by atoms with E-state index >= 15 is 0 Å². The molecule has 5 heteroatoms. The molecule has 0 aliphatic carbocycles. The van der Waals surface area contributed by atoms with Crippen molar-refractivity contribution < 1.29 is 4.74 Å². The first-order valence-corrected chi connectivity index (χ1v) is 6.64. The van der Waals surface area contributed by atoms with Gasteiger partial charge in [0.1, 0.15) is 0 Å². The molecule has 0 saturated carbocycles. The smallest absolute Gasteiger partial charge is 0.185 e. The van der Waals surface area contributed by atoms with E-state index in [1.165, 1.54) is 0 Å². The monoisotopic (exact) mass is 276 g/mol. The van der Waals surface area contributed by atoms with Gasteiger partial charge in [-0.1, -0.05) is 15.9 Å². The SMILES string of the molecule is Cc1csc(N2CCOC(CBr)C2)n1. The fourth-order valence-corrected chi connectivity index (χ4v) is 2.71. The number of hydrogen-bond donors (Lipinski definition) is 0. The summed E-state index contributed by atoms with van der Waals surface area (Å²) in [5.74, 6) is 0. The van der Waals surface area contributed by atoms with Crippen LogP contribution in [0.15, 0.2) is 5.38 Å². The standard InChI is InChI=1S/C9H13BrN2OS/c1-7-6-14-9(11-7)12-2-3-13-8(4-10)5-12/h6,8H,2-5H2,1H3. The number of rotatable bonds is 2. The average molecular weight is 277 g/mol. The Kier molecular flexibility index (Phi) is 3.41. The lowest BCUT2D eigenvalue weighted by Gasteiger charge is -2.31. The molecule has 0 radical (unpaired) electrons. The van der Waals surface area contributed by atoms with Crippen molar-refractivity contribution in [3.63, 3.8) is 0 Å². The maximum Gasteiger partial charge on any atom is 0.185 e. The Morgan fingerprint density at radius 1 is 1.79 bits per heavy atom. The highest BCUT2D eigenvalue weighted by Crippen LogP contribution is 2.22. The van der Waals surface area contributed by atoms with Gasteiger partial charge in [0.05, 0.1) is 18.4 Å². The Morgan fingerprint density at radius 2 is 2.64 bits per heavy atom. The summed E-state index contributed by atoms with van der Waals surface area (Å²) < 4.78 is 5.57. The molecular formula is C9H13BrN2OS. The maximum atomic E-state index is 5.57. The molecule has 1 aliphatic rings. The first-order chi connectivity index (χ1) is 6.79. The highest BCUT2D eigenvalue weighted by atomic mass is 79.9. The van der Waals surface area contributed by atoms with E-state index in [4.69, 9.17) is 4.74 Å². The van der Waals surface area contributed by atoms with E-state index in [1.54, 1.807) is 11.3 Å². The second kappa shape index (κ2) is 4.59. The van der Waals surface area contributed by atoms with E-state index in [1.807, 2.05) is 6.92 Å². The number of hydrogen-bond acceptors (Lipinski definition) is 4. The maximum absolute atomic E-state index is 5.57. The Morgan fingerprint density at radius 3 is 3.29 bits per heavy atom. The van der Waals surface area contributed by atoms with Crippen molar-refractivity contribution in [3.8, 4) is 0 Å². The molecule has 0 spiro atoms. The number of nitrogens with zero attached hydrogens (tertiary/aromatic N) is 2. The van der Waals surface area contributed by atoms with Gasteiger partial charge in [-0.3, -0.25) is 0 Å². The van der Waals surface area contributed by atoms with Gasteiger partial charge >= 0.3 is 0 Å². The van der Waals surface area contributed by atoms with Crippen molar-refractivity contribution in [3.05, 3.63) is 11.1 Å². The highest BCUT2D eigenvalue weighted by molar-refractivity contribution is 9.09. The lowest BCUT2D eigenvalue weighted by Crippen LogP contribution is -2.43. The van der Waals surface area contributed by atoms with E-state index in [2.05, 4.69) is 31.2 Å². The zero-order valence-corrected chi connectivity index (χ0v) is 10.5. The van der Waals surface area contributed by atoms with Gasteiger partial charge in [-0.25, -0.2) is 4.98 Å². The fraction of sp³-hybridized carbons (Fsp3) is 0.667. The molecule has 0 bridgehead atoms. The van der Waals surface area contributed by atoms with Crippen molar-refractivity contribution in [2.24, 2.45) is 0 Å². The van der Waals surface area contributed by atoms with Gasteiger partial charge in [-0.05, 0) is 6.92 Å². The van der Waals surface area contributed by atoms with Gasteiger partial charge in [0.2, 0.25) is 0 Å². The van der Waals surface area contributed by atoms with Crippen molar-refractivity contribution in [2.75, 3.05) is 29.9 Å². The van der Waals surface area contributed by atoms with Crippen molar-refractivity contribution in [1.29, 1.82) is 0 Å². The minimum atomic E-state index is 0.299. The number of thiazole rings is 1. The molecule has 1 unspecified atom stereocenters. The topological polar surface area (TPSA) is 25.4 Å². The molecule has 1 saturated heterocycles. The quantitative estimate of drug-likeness (QED) is 0.774. The minimum absolute atomic E-state index is 0.299. The van der Waals surface area contributed by atoms with Crippen molar-refractivity contribution in [2.45, 2.75) is 13.0 Å². The summed E-state index contributed by atoms with van der Waals surface area (Å²) in [6.45, 7) is 4.73. The number of aryl methyl sites for hydroxylation is 1. The van der Waals surface area contributed by atoms with Crippen LogP contribution in [0.2, 0.25) is 0 Å². The van der Waals surface area contributed by atoms with Gasteiger partial charge in [-0.2, -0.15) is 0 Å². The molecule has 1 aromatic heterocycles. The molecule has 1 aromatic rings. The zero-order valence-electron chi connectivity index (χ0n) is 8.07. The molecule has 0 aromatic carbocycles. The molecule has 2 rings (SSSR count). The van der Waals surface area contributed by atoms with Gasteiger partial charge < -0.3 is 9.64 Å². The second-order valence-electron chi connectivity index (χ2n) is 3.36. The van der Waals surface area contributed by atoms with E-state index in [0.29, 0.717) is 6.10 Å². The third-order valence-electron chi connectivity index (χ3n) is 2.19. The average Bonchev–Trinajstić information content (AvgIpc) is 2.65. The Hall–Kier alpha value is -0.130. The summed E-state index contributed by atoms with van der Waals surface area (Å²) in [6.07, 6.45) is 0.299. The fourth-order valence-electron chi connectivity index (χ4n) is 1.47. The first-order valence-electron chi connectivity index (χ1n) is 4.64.